The maximum Gasteiger partial charge on any atom is 0.272 e. The molecule has 2 fully saturated rings. The number of piperazine rings is 1. The van der Waals surface area contributed by atoms with Gasteiger partial charge < -0.3 is 40.1 Å². The fraction of sp³-hybridized carbons (Fsp3) is 0.395. The second-order valence-electron chi connectivity index (χ2n) is 13.1. The maximum atomic E-state index is 14.9. The molecular weight excluding hydrogens is 713 g/mol. The van der Waals surface area contributed by atoms with Gasteiger partial charge in [-0.05, 0) is 29.8 Å². The average molecular weight is 758 g/mol. The maximum absolute atomic E-state index is 14.9. The molecule has 0 saturated carbocycles. The monoisotopic (exact) mass is 757 g/mol. The molecular formula is C38H44FN9O7. The Morgan fingerprint density at radius 1 is 0.927 bits per heavy atom. The first kappa shape index (κ1) is 38.9. The summed E-state index contributed by atoms with van der Waals surface area (Å²) in [5, 5.41) is 16.4. The molecule has 16 nitrogen and oxygen atoms in total. The minimum atomic E-state index is -0.636. The van der Waals surface area contributed by atoms with Crippen molar-refractivity contribution in [2.45, 2.75) is 13.3 Å². The van der Waals surface area contributed by atoms with Crippen molar-refractivity contribution in [2.75, 3.05) is 95.5 Å². The minimum Gasteiger partial charge on any atom is -0.378 e. The Bertz CT molecular complexity index is 2080. The highest BCUT2D eigenvalue weighted by molar-refractivity contribution is 6.02. The Hall–Kier alpha value is -5.78. The molecule has 0 aliphatic carbocycles. The summed E-state index contributed by atoms with van der Waals surface area (Å²) in [6, 6.07) is 13.2. The number of aromatic nitrogens is 3. The molecule has 0 radical (unpaired) electrons. The van der Waals surface area contributed by atoms with Crippen LogP contribution >= 0.6 is 0 Å². The molecule has 17 heteroatoms. The molecule has 4 heterocycles. The fourth-order valence-corrected chi connectivity index (χ4v) is 6.46. The third-order valence-electron chi connectivity index (χ3n) is 9.33. The van der Waals surface area contributed by atoms with Crippen molar-refractivity contribution in [1.82, 2.24) is 35.6 Å². The van der Waals surface area contributed by atoms with Gasteiger partial charge in [0.2, 0.25) is 11.8 Å². The Morgan fingerprint density at radius 3 is 2.42 bits per heavy atom. The number of hydrogen-bond donors (Lipinski definition) is 4. The molecule has 4 N–H and O–H groups in total. The number of ether oxygens (including phenoxy) is 2. The molecule has 2 aliphatic rings. The van der Waals surface area contributed by atoms with Gasteiger partial charge in [0, 0.05) is 71.1 Å². The Balaban J connectivity index is 0.887. The molecule has 290 valence electrons. The van der Waals surface area contributed by atoms with Crippen LogP contribution in [0.3, 0.4) is 0 Å². The van der Waals surface area contributed by atoms with E-state index in [-0.39, 0.29) is 61.4 Å². The first-order valence-electron chi connectivity index (χ1n) is 18.2. The van der Waals surface area contributed by atoms with Gasteiger partial charge in [-0.25, -0.2) is 14.5 Å². The summed E-state index contributed by atoms with van der Waals surface area (Å²) in [5.41, 5.74) is 2.13. The lowest BCUT2D eigenvalue weighted by Crippen LogP contribution is -2.52. The van der Waals surface area contributed by atoms with E-state index in [2.05, 4.69) is 36.0 Å². The van der Waals surface area contributed by atoms with Crippen LogP contribution in [0.15, 0.2) is 59.5 Å². The number of nitrogens with zero attached hydrogens (tertiary/aromatic N) is 5. The molecule has 2 aromatic carbocycles. The summed E-state index contributed by atoms with van der Waals surface area (Å²) >= 11 is 0. The second-order valence-corrected chi connectivity index (χ2v) is 13.1. The average Bonchev–Trinajstić information content (AvgIpc) is 3.20. The normalized spacial score (nSPS) is 14.5. The summed E-state index contributed by atoms with van der Waals surface area (Å²) in [5.74, 6) is -1.98. The number of amides is 4. The lowest BCUT2D eigenvalue weighted by molar-refractivity contribution is -0.131. The van der Waals surface area contributed by atoms with Crippen LogP contribution in [0.5, 0.6) is 0 Å². The Morgan fingerprint density at radius 2 is 1.65 bits per heavy atom. The van der Waals surface area contributed by atoms with E-state index in [9.17, 15) is 28.4 Å². The predicted molar refractivity (Wildman–Crippen MR) is 202 cm³/mol. The number of morpholine rings is 1. The first-order valence-corrected chi connectivity index (χ1v) is 18.2. The van der Waals surface area contributed by atoms with E-state index in [0.29, 0.717) is 86.7 Å². The predicted octanol–water partition coefficient (Wildman–Crippen LogP) is 1.16. The topological polar surface area (TPSA) is 191 Å². The zero-order valence-electron chi connectivity index (χ0n) is 30.6. The van der Waals surface area contributed by atoms with E-state index in [1.165, 1.54) is 24.0 Å². The van der Waals surface area contributed by atoms with Crippen LogP contribution in [0.4, 0.5) is 15.8 Å². The van der Waals surface area contributed by atoms with Crippen LogP contribution in [-0.2, 0) is 25.5 Å². The molecule has 4 aromatic rings. The molecule has 0 bridgehead atoms. The number of halogens is 1. The van der Waals surface area contributed by atoms with Gasteiger partial charge in [0.1, 0.15) is 5.82 Å². The molecule has 6 rings (SSSR count). The van der Waals surface area contributed by atoms with Gasteiger partial charge in [-0.3, -0.25) is 24.0 Å². The number of carbonyl (C=O) groups excluding carboxylic acids is 4. The number of rotatable bonds is 14. The van der Waals surface area contributed by atoms with Crippen molar-refractivity contribution in [3.8, 4) is 0 Å². The molecule has 0 unspecified atom stereocenters. The van der Waals surface area contributed by atoms with Crippen LogP contribution in [0.25, 0.3) is 10.8 Å². The van der Waals surface area contributed by atoms with Gasteiger partial charge in [0.05, 0.1) is 67.2 Å². The minimum absolute atomic E-state index is 0.0585. The number of H-pyrrole nitrogens is 1. The number of benzene rings is 2. The standard InChI is InChI=1S/C38H44FN9O7/c1-25(49)43-33-22-27(46-14-18-55-19-15-46)23-42-35(33)37(52)41-9-17-54-16-8-40-24-34(50)47-10-12-48(13-11-47)38(53)30-20-26(6-7-31(30)39)21-32-28-4-2-3-5-29(28)36(51)45-44-32/h2-7,20,22-23,40H,8-19,21,24H2,1H3,(H,41,52)(H,43,49)(H,45,51). The zero-order chi connectivity index (χ0) is 38.7. The molecule has 2 aliphatic heterocycles. The highest BCUT2D eigenvalue weighted by Gasteiger charge is 2.27. The van der Waals surface area contributed by atoms with Gasteiger partial charge in [-0.2, -0.15) is 5.10 Å². The molecule has 2 saturated heterocycles. The Labute approximate surface area is 316 Å². The lowest BCUT2D eigenvalue weighted by atomic mass is 10.0. The smallest absolute Gasteiger partial charge is 0.272 e. The SMILES string of the molecule is CC(=O)Nc1cc(N2CCOCC2)cnc1C(=O)NCCOCCNCC(=O)N1CCN(C(=O)c2cc(Cc3n[nH]c(=O)c4ccccc34)ccc2F)CC1. The van der Waals surface area contributed by atoms with Crippen molar-refractivity contribution in [3.63, 3.8) is 0 Å². The number of anilines is 2. The molecule has 2 aromatic heterocycles. The van der Waals surface area contributed by atoms with Crippen molar-refractivity contribution in [3.05, 3.63) is 93.4 Å². The van der Waals surface area contributed by atoms with Crippen LogP contribution in [0.1, 0.15) is 39.0 Å². The van der Waals surface area contributed by atoms with Gasteiger partial charge in [-0.15, -0.1) is 0 Å². The summed E-state index contributed by atoms with van der Waals surface area (Å²) in [4.78, 5) is 72.6. The fourth-order valence-electron chi connectivity index (χ4n) is 6.46. The number of aromatic amines is 1. The van der Waals surface area contributed by atoms with E-state index in [1.54, 1.807) is 41.4 Å². The third-order valence-corrected chi connectivity index (χ3v) is 9.33. The number of pyridine rings is 1. The summed E-state index contributed by atoms with van der Waals surface area (Å²) in [7, 11) is 0. The quantitative estimate of drug-likeness (QED) is 0.135. The molecule has 0 spiro atoms. The highest BCUT2D eigenvalue weighted by atomic mass is 19.1. The van der Waals surface area contributed by atoms with Crippen LogP contribution in [0.2, 0.25) is 0 Å². The summed E-state index contributed by atoms with van der Waals surface area (Å²) in [6.45, 7) is 6.28. The number of nitrogens with one attached hydrogen (secondary N) is 4. The van der Waals surface area contributed by atoms with E-state index in [0.717, 1.165) is 5.69 Å². The summed E-state index contributed by atoms with van der Waals surface area (Å²) in [6.07, 6.45) is 1.90. The third kappa shape index (κ3) is 10.1. The van der Waals surface area contributed by atoms with Crippen molar-refractivity contribution in [2.24, 2.45) is 0 Å². The Kier molecular flexibility index (Phi) is 13.1. The summed E-state index contributed by atoms with van der Waals surface area (Å²) < 4.78 is 25.9. The van der Waals surface area contributed by atoms with E-state index < -0.39 is 17.6 Å². The second kappa shape index (κ2) is 18.5. The van der Waals surface area contributed by atoms with Crippen molar-refractivity contribution >= 4 is 45.8 Å². The molecule has 0 atom stereocenters. The number of hydrogen-bond acceptors (Lipinski definition) is 11. The van der Waals surface area contributed by atoms with Gasteiger partial charge in [-0.1, -0.05) is 24.3 Å². The van der Waals surface area contributed by atoms with Crippen molar-refractivity contribution in [1.29, 1.82) is 0 Å². The zero-order valence-corrected chi connectivity index (χ0v) is 30.6. The van der Waals surface area contributed by atoms with Gasteiger partial charge in [0.15, 0.2) is 5.69 Å². The largest absolute Gasteiger partial charge is 0.378 e. The number of fused-ring (bicyclic) bond motifs is 1. The van der Waals surface area contributed by atoms with Crippen LogP contribution < -0.4 is 26.4 Å². The van der Waals surface area contributed by atoms with E-state index in [1.807, 2.05) is 6.07 Å². The van der Waals surface area contributed by atoms with E-state index >= 15 is 0 Å². The van der Waals surface area contributed by atoms with Crippen LogP contribution in [0, 0.1) is 5.82 Å². The first-order chi connectivity index (χ1) is 26.7. The highest BCUT2D eigenvalue weighted by Crippen LogP contribution is 2.23. The number of carbonyl (C=O) groups is 4. The van der Waals surface area contributed by atoms with Crippen LogP contribution in [-0.4, -0.2) is 134 Å². The van der Waals surface area contributed by atoms with Gasteiger partial charge >= 0.3 is 0 Å². The molecule has 4 amide bonds. The van der Waals surface area contributed by atoms with E-state index in [4.69, 9.17) is 9.47 Å². The van der Waals surface area contributed by atoms with Crippen molar-refractivity contribution < 1.29 is 33.0 Å². The molecule has 55 heavy (non-hydrogen) atoms. The lowest BCUT2D eigenvalue weighted by Gasteiger charge is -2.35. The van der Waals surface area contributed by atoms with Gasteiger partial charge in [0.25, 0.3) is 17.4 Å².